The number of cyclic esters (lactones) is 4. The number of terminal acetylenes is 2. The van der Waals surface area contributed by atoms with Gasteiger partial charge in [0.15, 0.2) is 0 Å². The van der Waals surface area contributed by atoms with E-state index in [1.807, 2.05) is 0 Å². The number of epoxide rings is 2. The molecule has 28 heteroatoms. The molecule has 0 spiro atoms. The zero-order valence-electron chi connectivity index (χ0n) is 64.5. The number of hydrogen-bond acceptors (Lipinski definition) is 28. The Bertz CT molecular complexity index is 2610. The first-order chi connectivity index (χ1) is 52.2. The van der Waals surface area contributed by atoms with Gasteiger partial charge < -0.3 is 76.9 Å². The topological polar surface area (TPSA) is 392 Å². The van der Waals surface area contributed by atoms with Gasteiger partial charge in [0.05, 0.1) is 140 Å². The lowest BCUT2D eigenvalue weighted by Crippen LogP contribution is -2.23. The van der Waals surface area contributed by atoms with Crippen molar-refractivity contribution in [3.63, 3.8) is 0 Å². The number of hydrogen-bond donors (Lipinski definition) is 3. The Labute approximate surface area is 639 Å². The highest BCUT2D eigenvalue weighted by atomic mass is 16.6. The fraction of sp³-hybridized carbons (Fsp3) is 0.750. The molecule has 614 valence electrons. The maximum Gasteiger partial charge on any atom is 0.309 e. The summed E-state index contributed by atoms with van der Waals surface area (Å²) in [6, 6.07) is 0. The Morgan fingerprint density at radius 3 is 1.26 bits per heavy atom. The first-order valence-electron chi connectivity index (χ1n) is 38.6. The number of ether oxygens (including phenoxy) is 13. The molecule has 6 aliphatic rings. The van der Waals surface area contributed by atoms with Crippen molar-refractivity contribution >= 4 is 71.4 Å². The number of unbranched alkanes of at least 4 members (excludes halogenated alkanes) is 3. The van der Waals surface area contributed by atoms with Crippen LogP contribution in [0.1, 0.15) is 233 Å². The number of esters is 11. The Morgan fingerprint density at radius 1 is 0.463 bits per heavy atom. The molecule has 6 saturated heterocycles. The van der Waals surface area contributed by atoms with Gasteiger partial charge in [-0.3, -0.25) is 57.5 Å². The van der Waals surface area contributed by atoms with Crippen LogP contribution in [-0.4, -0.2) is 205 Å². The molecule has 3 N–H and O–H groups in total. The molecule has 0 aliphatic carbocycles. The van der Waals surface area contributed by atoms with Gasteiger partial charge in [-0.1, -0.05) is 12.2 Å². The van der Waals surface area contributed by atoms with Crippen LogP contribution in [-0.2, 0) is 119 Å². The number of aliphatic hydroxyl groups is 3. The zero-order valence-corrected chi connectivity index (χ0v) is 64.5. The summed E-state index contributed by atoms with van der Waals surface area (Å²) in [6.07, 6.45) is 34.2. The molecule has 6 aliphatic heterocycles. The average Bonchev–Trinajstić information content (AvgIpc) is 1.80. The molecule has 0 aromatic heterocycles. The Morgan fingerprint density at radius 2 is 0.870 bits per heavy atom. The molecular weight excluding hydrogens is 1410 g/mol. The maximum atomic E-state index is 12.4. The van der Waals surface area contributed by atoms with Crippen LogP contribution in [0.5, 0.6) is 0 Å². The van der Waals surface area contributed by atoms with Gasteiger partial charge in [0.1, 0.15) is 5.78 Å². The number of ketones is 1. The second-order valence-electron chi connectivity index (χ2n) is 25.9. The van der Waals surface area contributed by atoms with Crippen LogP contribution in [0.2, 0.25) is 0 Å². The number of carbonyl (C=O) groups excluding carboxylic acids is 12. The fourth-order valence-corrected chi connectivity index (χ4v) is 10.6. The third-order valence-electron chi connectivity index (χ3n) is 16.8. The molecule has 6 fully saturated rings. The van der Waals surface area contributed by atoms with Crippen LogP contribution in [0.3, 0.4) is 0 Å². The van der Waals surface area contributed by atoms with E-state index in [-0.39, 0.29) is 166 Å². The predicted octanol–water partition coefficient (Wildman–Crippen LogP) is 9.55. The standard InChI is InChI=1S/C23H36O8.C15H26O6.C15H26O5.C8H12O2.C8H10O2.C6H8O3.C5H8O2/c1-3-9-18(10-7-13-24)22(26)30-15-8-11-19(16-20-17-31-20)23(27)29-14-6-5-12-21(25)28-4-2;1-2-19-14(17)7-3-4-9-20-15(18)12(6-5-8-16)10-13-11-21-13;1-3-8-13(9-7-11-16)15(18)20-12-6-5-10-14(17)19-4-2;2*1-2-4-7-5-3-6-10-8(7)9;7-5-1-2-6(8)9-4-3-5;6-5-3-1-2-4-7-5/h1,18-20,24H,4-17H2,2H3;12-13,16H,2-11H2,1H3;3,13,16H,1,4-12H2,2H3;2,7H,1,3-6H2;1,7H,3-6H2;1-4H2;1-4H2. The molecule has 8 atom stereocenters. The van der Waals surface area contributed by atoms with E-state index < -0.39 is 5.92 Å². The van der Waals surface area contributed by atoms with Crippen molar-refractivity contribution in [2.75, 3.05) is 106 Å². The Hall–Kier alpha value is -7.76. The van der Waals surface area contributed by atoms with Crippen LogP contribution in [0.25, 0.3) is 0 Å². The molecule has 28 nitrogen and oxygen atoms in total. The number of carbonyl (C=O) groups is 12. The second kappa shape index (κ2) is 68.5. The molecular formula is C80H126O28. The first-order valence-corrected chi connectivity index (χ1v) is 38.6. The molecule has 6 heterocycles. The maximum absolute atomic E-state index is 12.4. The lowest BCUT2D eigenvalue weighted by Gasteiger charge is -2.18. The third-order valence-corrected chi connectivity index (χ3v) is 16.8. The normalized spacial score (nSPS) is 18.3. The molecule has 108 heavy (non-hydrogen) atoms. The van der Waals surface area contributed by atoms with Crippen molar-refractivity contribution in [2.24, 2.45) is 35.5 Å². The van der Waals surface area contributed by atoms with E-state index in [2.05, 4.69) is 34.5 Å². The SMILES string of the molecule is C#CCC(CCCO)C(=O)OCCCC(CC1CO1)C(=O)OCCCCC(=O)OCC.C#CCC1CCCOC1=O.C=CCC(CCCO)C(=O)OCCCCC(=O)OCC.C=CCC1CCCOC1=O.CCOC(=O)CCCCOC(=O)C(CCCO)CC1CO1.O=C1CCCCO1.O=C1CCOC(=O)CC1. The van der Waals surface area contributed by atoms with Gasteiger partial charge in [0.25, 0.3) is 0 Å². The van der Waals surface area contributed by atoms with Crippen molar-refractivity contribution in [3.8, 4) is 24.7 Å². The zero-order chi connectivity index (χ0) is 80.2. The lowest BCUT2D eigenvalue weighted by molar-refractivity contribution is -0.153. The van der Waals surface area contributed by atoms with Crippen LogP contribution < -0.4 is 0 Å². The van der Waals surface area contributed by atoms with Gasteiger partial charge in [-0.15, -0.1) is 37.8 Å². The first kappa shape index (κ1) is 100. The van der Waals surface area contributed by atoms with Gasteiger partial charge in [0.2, 0.25) is 0 Å². The highest BCUT2D eigenvalue weighted by Crippen LogP contribution is 2.27. The van der Waals surface area contributed by atoms with Gasteiger partial charge in [0, 0.05) is 71.2 Å². The monoisotopic (exact) mass is 1530 g/mol. The van der Waals surface area contributed by atoms with Crippen molar-refractivity contribution in [2.45, 2.75) is 245 Å². The van der Waals surface area contributed by atoms with Crippen molar-refractivity contribution in [3.05, 3.63) is 25.3 Å². The summed E-state index contributed by atoms with van der Waals surface area (Å²) in [5, 5.41) is 26.6. The van der Waals surface area contributed by atoms with Gasteiger partial charge in [-0.05, 0) is 175 Å². The molecule has 6 rings (SSSR count). The van der Waals surface area contributed by atoms with Crippen LogP contribution >= 0.6 is 0 Å². The summed E-state index contributed by atoms with van der Waals surface area (Å²) in [5.74, 6) is 1.71. The molecule has 0 aromatic rings. The van der Waals surface area contributed by atoms with E-state index in [9.17, 15) is 57.5 Å². The van der Waals surface area contributed by atoms with Crippen LogP contribution in [0.15, 0.2) is 25.3 Å². The number of aliphatic hydroxyl groups excluding tert-OH is 3. The quantitative estimate of drug-likeness (QED) is 0.0127. The minimum absolute atomic E-state index is 0.00417. The summed E-state index contributed by atoms with van der Waals surface area (Å²) >= 11 is 0. The molecule has 0 aromatic carbocycles. The number of rotatable bonds is 45. The van der Waals surface area contributed by atoms with Gasteiger partial charge in [-0.25, -0.2) is 0 Å². The predicted molar refractivity (Wildman–Crippen MR) is 395 cm³/mol. The number of allylic oxidation sites excluding steroid dienone is 2. The van der Waals surface area contributed by atoms with Crippen molar-refractivity contribution < 1.29 is 134 Å². The van der Waals surface area contributed by atoms with E-state index in [4.69, 9.17) is 80.3 Å². The summed E-state index contributed by atoms with van der Waals surface area (Å²) in [4.78, 5) is 135. The smallest absolute Gasteiger partial charge is 0.309 e. The Balaban J connectivity index is 0.00000131. The van der Waals surface area contributed by atoms with Gasteiger partial charge in [-0.2, -0.15) is 0 Å². The molecule has 0 radical (unpaired) electrons. The highest BCUT2D eigenvalue weighted by molar-refractivity contribution is 5.84. The summed E-state index contributed by atoms with van der Waals surface area (Å²) < 4.78 is 64.9. The van der Waals surface area contributed by atoms with Gasteiger partial charge >= 0.3 is 65.7 Å². The molecule has 8 unspecified atom stereocenters. The Kier molecular flexibility index (Phi) is 63.6. The second-order valence-corrected chi connectivity index (χ2v) is 25.9. The van der Waals surface area contributed by atoms with Crippen molar-refractivity contribution in [1.29, 1.82) is 0 Å². The number of Topliss-reactive ketones (excluding diaryl/α,β-unsaturated/α-hetero) is 1. The third kappa shape index (κ3) is 57.4. The van der Waals surface area contributed by atoms with E-state index >= 15 is 0 Å². The summed E-state index contributed by atoms with van der Waals surface area (Å²) in [7, 11) is 0. The van der Waals surface area contributed by atoms with E-state index in [0.717, 1.165) is 44.9 Å². The molecule has 0 amide bonds. The molecule has 0 saturated carbocycles. The van der Waals surface area contributed by atoms with Crippen LogP contribution in [0.4, 0.5) is 0 Å². The summed E-state index contributed by atoms with van der Waals surface area (Å²) in [5.41, 5.74) is 0. The van der Waals surface area contributed by atoms with E-state index in [1.165, 1.54) is 0 Å². The average molecular weight is 1540 g/mol. The minimum Gasteiger partial charge on any atom is -0.466 e. The largest absolute Gasteiger partial charge is 0.466 e. The highest BCUT2D eigenvalue weighted by Gasteiger charge is 2.33. The molecule has 0 bridgehead atoms. The summed E-state index contributed by atoms with van der Waals surface area (Å²) in [6.45, 7) is 18.3. The van der Waals surface area contributed by atoms with Crippen molar-refractivity contribution in [1.82, 2.24) is 0 Å². The lowest BCUT2D eigenvalue weighted by atomic mass is 9.98. The minimum atomic E-state index is -0.410. The van der Waals surface area contributed by atoms with E-state index in [0.29, 0.717) is 220 Å². The van der Waals surface area contributed by atoms with Crippen LogP contribution in [0, 0.1) is 60.2 Å². The van der Waals surface area contributed by atoms with E-state index in [1.54, 1.807) is 32.9 Å². The fourth-order valence-electron chi connectivity index (χ4n) is 10.6.